The number of allylic oxidation sites excluding steroid dienone is 1. The highest BCUT2D eigenvalue weighted by Gasteiger charge is 2.59. The molecule has 64 heavy (non-hydrogen) atoms. The SMILES string of the molecule is CCCCCCCCCCCCCCCCOP(=O)(OCCCCCCCCCCCCCCCC)O[C@H]1CC[C@@]2(C)C(=CC[C@H]3[C@@H]4CC[C@H]([C@H](C)CCCC(C)C)[C@@]4(C)CC[C@@H]32)C1. The maximum Gasteiger partial charge on any atom is 0.475 e. The van der Waals surface area contributed by atoms with Gasteiger partial charge in [-0.15, -0.1) is 0 Å². The van der Waals surface area contributed by atoms with Crippen LogP contribution in [0.25, 0.3) is 0 Å². The number of phosphoric acid groups is 1. The molecule has 0 heterocycles. The summed E-state index contributed by atoms with van der Waals surface area (Å²) in [7, 11) is -3.64. The smallest absolute Gasteiger partial charge is 0.287 e. The molecule has 0 N–H and O–H groups in total. The molecule has 4 aliphatic rings. The maximum atomic E-state index is 14.5. The summed E-state index contributed by atoms with van der Waals surface area (Å²) in [6.45, 7) is 18.2. The molecule has 5 heteroatoms. The zero-order chi connectivity index (χ0) is 45.9. The van der Waals surface area contributed by atoms with Gasteiger partial charge < -0.3 is 0 Å². The van der Waals surface area contributed by atoms with Crippen LogP contribution in [0.3, 0.4) is 0 Å². The first-order valence-corrected chi connectivity index (χ1v) is 30.8. The topological polar surface area (TPSA) is 44.8 Å². The standard InChI is InChI=1S/C59H111O4P/c1-8-10-12-14-16-18-20-22-24-26-28-30-32-34-47-61-64(60,62-48-35-33-31-29-27-25-23-21-19-17-15-13-11-9-2)63-53-43-45-58(6)52(49-53)39-40-54-56-42-41-55(51(5)38-36-37-50(3)4)59(56,7)46-44-57(54)58/h39,50-51,53-57H,8-38,40-49H2,1-7H3/t51-,53+,54+,55-,56+,57+,58+,59-/m1/s1. The molecule has 4 aliphatic carbocycles. The predicted octanol–water partition coefficient (Wildman–Crippen LogP) is 20.5. The quantitative estimate of drug-likeness (QED) is 0.0350. The molecule has 0 radical (unpaired) electrons. The summed E-state index contributed by atoms with van der Waals surface area (Å²) in [6, 6.07) is 0. The van der Waals surface area contributed by atoms with Crippen molar-refractivity contribution in [3.8, 4) is 0 Å². The summed E-state index contributed by atoms with van der Waals surface area (Å²) in [6.07, 6.45) is 53.8. The van der Waals surface area contributed by atoms with E-state index in [-0.39, 0.29) is 11.5 Å². The second-order valence-electron chi connectivity index (χ2n) is 23.6. The first-order chi connectivity index (χ1) is 31.1. The number of rotatable bonds is 39. The van der Waals surface area contributed by atoms with E-state index in [0.29, 0.717) is 18.6 Å². The summed E-state index contributed by atoms with van der Waals surface area (Å²) in [5.41, 5.74) is 2.36. The second-order valence-corrected chi connectivity index (χ2v) is 25.2. The number of unbranched alkanes of at least 4 members (excludes halogenated alkanes) is 26. The highest BCUT2D eigenvalue weighted by atomic mass is 31.2. The van der Waals surface area contributed by atoms with Crippen molar-refractivity contribution in [2.24, 2.45) is 46.3 Å². The lowest BCUT2D eigenvalue weighted by Crippen LogP contribution is -2.51. The van der Waals surface area contributed by atoms with Crippen molar-refractivity contribution in [2.45, 2.75) is 305 Å². The lowest BCUT2D eigenvalue weighted by molar-refractivity contribution is -0.0578. The van der Waals surface area contributed by atoms with Gasteiger partial charge in [0.05, 0.1) is 19.3 Å². The van der Waals surface area contributed by atoms with E-state index in [1.807, 2.05) is 0 Å². The van der Waals surface area contributed by atoms with E-state index < -0.39 is 7.82 Å². The van der Waals surface area contributed by atoms with Crippen LogP contribution >= 0.6 is 7.82 Å². The monoisotopic (exact) mass is 915 g/mol. The van der Waals surface area contributed by atoms with Gasteiger partial charge in [-0.1, -0.05) is 246 Å². The van der Waals surface area contributed by atoms with Gasteiger partial charge in [-0.25, -0.2) is 4.57 Å². The molecule has 3 saturated carbocycles. The Morgan fingerprint density at radius 3 is 1.50 bits per heavy atom. The third-order valence-electron chi connectivity index (χ3n) is 18.0. The zero-order valence-corrected chi connectivity index (χ0v) is 45.1. The highest BCUT2D eigenvalue weighted by Crippen LogP contribution is 2.68. The Morgan fingerprint density at radius 2 is 1.03 bits per heavy atom. The molecule has 0 spiro atoms. The number of hydrogen-bond acceptors (Lipinski definition) is 4. The molecule has 0 bridgehead atoms. The fourth-order valence-corrected chi connectivity index (χ4v) is 15.4. The summed E-state index contributed by atoms with van der Waals surface area (Å²) in [5, 5.41) is 0. The molecule has 4 nitrogen and oxygen atoms in total. The molecule has 376 valence electrons. The zero-order valence-electron chi connectivity index (χ0n) is 44.2. The van der Waals surface area contributed by atoms with Crippen molar-refractivity contribution in [1.82, 2.24) is 0 Å². The van der Waals surface area contributed by atoms with Gasteiger partial charge in [-0.3, -0.25) is 13.6 Å². The van der Waals surface area contributed by atoms with Crippen molar-refractivity contribution in [3.63, 3.8) is 0 Å². The first-order valence-electron chi connectivity index (χ1n) is 29.3. The third-order valence-corrected chi connectivity index (χ3v) is 19.6. The number of phosphoric ester groups is 1. The summed E-state index contributed by atoms with van der Waals surface area (Å²) >= 11 is 0. The minimum Gasteiger partial charge on any atom is -0.287 e. The average molecular weight is 916 g/mol. The van der Waals surface area contributed by atoms with Gasteiger partial charge in [0, 0.05) is 0 Å². The van der Waals surface area contributed by atoms with Crippen LogP contribution < -0.4 is 0 Å². The van der Waals surface area contributed by atoms with Crippen LogP contribution in [0.1, 0.15) is 299 Å². The van der Waals surface area contributed by atoms with Gasteiger partial charge in [0.1, 0.15) is 0 Å². The van der Waals surface area contributed by atoms with Crippen LogP contribution in [0.5, 0.6) is 0 Å². The number of fused-ring (bicyclic) bond motifs is 5. The van der Waals surface area contributed by atoms with Crippen LogP contribution in [-0.2, 0) is 18.1 Å². The van der Waals surface area contributed by atoms with Crippen molar-refractivity contribution in [3.05, 3.63) is 11.6 Å². The molecule has 8 atom stereocenters. The van der Waals surface area contributed by atoms with Crippen LogP contribution in [0.4, 0.5) is 0 Å². The molecular weight excluding hydrogens is 804 g/mol. The maximum absolute atomic E-state index is 14.5. The van der Waals surface area contributed by atoms with E-state index in [0.717, 1.165) is 80.5 Å². The summed E-state index contributed by atoms with van der Waals surface area (Å²) < 4.78 is 33.5. The Morgan fingerprint density at radius 1 is 0.562 bits per heavy atom. The van der Waals surface area contributed by atoms with Gasteiger partial charge in [0.2, 0.25) is 0 Å². The molecule has 4 rings (SSSR count). The van der Waals surface area contributed by atoms with Crippen molar-refractivity contribution >= 4 is 7.82 Å². The molecular formula is C59H111O4P. The van der Waals surface area contributed by atoms with Crippen molar-refractivity contribution < 1.29 is 18.1 Å². The van der Waals surface area contributed by atoms with Gasteiger partial charge in [0.25, 0.3) is 0 Å². The fraction of sp³-hybridized carbons (Fsp3) is 0.966. The Labute approximate surface area is 400 Å². The second kappa shape index (κ2) is 31.9. The van der Waals surface area contributed by atoms with Crippen molar-refractivity contribution in [1.29, 1.82) is 0 Å². The van der Waals surface area contributed by atoms with Crippen LogP contribution in [0.15, 0.2) is 11.6 Å². The molecule has 0 unspecified atom stereocenters. The van der Waals surface area contributed by atoms with E-state index in [4.69, 9.17) is 13.6 Å². The van der Waals surface area contributed by atoms with Crippen LogP contribution in [-0.4, -0.2) is 19.3 Å². The largest absolute Gasteiger partial charge is 0.475 e. The predicted molar refractivity (Wildman–Crippen MR) is 278 cm³/mol. The molecule has 3 fully saturated rings. The summed E-state index contributed by atoms with van der Waals surface area (Å²) in [5.74, 6) is 5.05. The minimum absolute atomic E-state index is 0.0780. The minimum atomic E-state index is -3.64. The van der Waals surface area contributed by atoms with E-state index in [1.54, 1.807) is 5.57 Å². The Balaban J connectivity index is 1.21. The lowest BCUT2D eigenvalue weighted by atomic mass is 9.47. The Hall–Kier alpha value is -0.150. The normalized spacial score (nSPS) is 27.4. The molecule has 0 aromatic heterocycles. The lowest BCUT2D eigenvalue weighted by Gasteiger charge is -2.58. The van der Waals surface area contributed by atoms with Gasteiger partial charge >= 0.3 is 7.82 Å². The van der Waals surface area contributed by atoms with Gasteiger partial charge in [-0.05, 0) is 111 Å². The molecule has 0 amide bonds. The molecule has 0 saturated heterocycles. The summed E-state index contributed by atoms with van der Waals surface area (Å²) in [4.78, 5) is 0. The third kappa shape index (κ3) is 19.3. The van der Waals surface area contributed by atoms with Gasteiger partial charge in [0.15, 0.2) is 0 Å². The number of hydrogen-bond donors (Lipinski definition) is 0. The van der Waals surface area contributed by atoms with Crippen molar-refractivity contribution in [2.75, 3.05) is 13.2 Å². The average Bonchev–Trinajstić information content (AvgIpc) is 3.63. The van der Waals surface area contributed by atoms with Crippen LogP contribution in [0, 0.1) is 46.3 Å². The Bertz CT molecular complexity index is 1230. The molecule has 0 aromatic carbocycles. The molecule has 0 aliphatic heterocycles. The van der Waals surface area contributed by atoms with E-state index in [1.165, 1.54) is 205 Å². The fourth-order valence-electron chi connectivity index (χ4n) is 14.0. The van der Waals surface area contributed by atoms with Gasteiger partial charge in [-0.2, -0.15) is 0 Å². The Kier molecular flexibility index (Phi) is 28.1. The molecule has 0 aromatic rings. The van der Waals surface area contributed by atoms with E-state index in [2.05, 4.69) is 54.5 Å². The first kappa shape index (κ1) is 56.4. The van der Waals surface area contributed by atoms with Crippen LogP contribution in [0.2, 0.25) is 0 Å². The van der Waals surface area contributed by atoms with E-state index >= 15 is 0 Å². The van der Waals surface area contributed by atoms with E-state index in [9.17, 15) is 4.57 Å². The highest BCUT2D eigenvalue weighted by molar-refractivity contribution is 7.48.